The van der Waals surface area contributed by atoms with Crippen molar-refractivity contribution in [1.29, 1.82) is 0 Å². The Kier molecular flexibility index (Phi) is 8.73. The lowest BCUT2D eigenvalue weighted by atomic mass is 9.92. The van der Waals surface area contributed by atoms with Gasteiger partial charge in [0.15, 0.2) is 23.4 Å². The molecule has 5 heterocycles. The second-order valence-corrected chi connectivity index (χ2v) is 13.9. The number of carbonyl (C=O) groups is 1. The summed E-state index contributed by atoms with van der Waals surface area (Å²) in [6.45, 7) is 13.0. The van der Waals surface area contributed by atoms with Gasteiger partial charge in [0, 0.05) is 48.6 Å². The number of piperidine rings is 1. The van der Waals surface area contributed by atoms with Crippen LogP contribution in [0.1, 0.15) is 77.7 Å². The molecule has 2 aromatic carbocycles. The summed E-state index contributed by atoms with van der Waals surface area (Å²) < 4.78 is 49.6. The Bertz CT molecular complexity index is 1810. The van der Waals surface area contributed by atoms with Crippen LogP contribution in [0.3, 0.4) is 0 Å². The number of hydrogen-bond donors (Lipinski definition) is 1. The molecule has 0 amide bonds. The molecule has 0 unspecified atom stereocenters. The van der Waals surface area contributed by atoms with Gasteiger partial charge >= 0.3 is 5.97 Å². The molecule has 0 radical (unpaired) electrons. The van der Waals surface area contributed by atoms with Crippen LogP contribution in [0, 0.1) is 18.6 Å². The highest BCUT2D eigenvalue weighted by Crippen LogP contribution is 2.40. The molecular weight excluding hydrogens is 606 g/mol. The third-order valence-corrected chi connectivity index (χ3v) is 8.91. The second-order valence-electron chi connectivity index (χ2n) is 13.9. The van der Waals surface area contributed by atoms with Crippen LogP contribution in [-0.2, 0) is 14.3 Å². The number of hydrogen-bond acceptors (Lipinski definition) is 7. The van der Waals surface area contributed by atoms with Crippen molar-refractivity contribution < 1.29 is 32.9 Å². The van der Waals surface area contributed by atoms with Gasteiger partial charge in [0.2, 0.25) is 0 Å². The van der Waals surface area contributed by atoms with Crippen molar-refractivity contribution in [2.24, 2.45) is 0 Å². The molecule has 47 heavy (non-hydrogen) atoms. The molecule has 11 heteroatoms. The molecule has 0 saturated carbocycles. The minimum absolute atomic E-state index is 0.253. The van der Waals surface area contributed by atoms with Crippen molar-refractivity contribution in [3.05, 3.63) is 65.4 Å². The molecule has 0 aliphatic carbocycles. The highest BCUT2D eigenvalue weighted by molar-refractivity contribution is 5.80. The van der Waals surface area contributed by atoms with Crippen molar-refractivity contribution in [1.82, 2.24) is 14.6 Å². The molecule has 0 spiro atoms. The minimum Gasteiger partial charge on any atom is -0.490 e. The summed E-state index contributed by atoms with van der Waals surface area (Å²) in [5, 5.41) is 15.4. The number of carboxylic acid groups (broad SMARTS) is 1. The maximum atomic E-state index is 14.6. The second kappa shape index (κ2) is 12.5. The normalized spacial score (nSPS) is 21.1. The minimum atomic E-state index is -1.28. The highest BCUT2D eigenvalue weighted by atomic mass is 19.2. The number of aromatic nitrogens is 3. The quantitative estimate of drug-likeness (QED) is 0.244. The number of carboxylic acids is 1. The molecule has 2 atom stereocenters. The number of anilines is 1. The maximum absolute atomic E-state index is 14.6. The van der Waals surface area contributed by atoms with E-state index in [0.29, 0.717) is 78.5 Å². The van der Waals surface area contributed by atoms with Crippen molar-refractivity contribution in [3.63, 3.8) is 0 Å². The molecule has 1 fully saturated rings. The molecule has 6 bridgehead atoms. The van der Waals surface area contributed by atoms with Crippen LogP contribution in [0.5, 0.6) is 5.75 Å². The third kappa shape index (κ3) is 6.82. The summed E-state index contributed by atoms with van der Waals surface area (Å²) in [4.78, 5) is 19.7. The Labute approximate surface area is 273 Å². The molecule has 9 nitrogen and oxygen atoms in total. The Balaban J connectivity index is 1.56. The number of aryl methyl sites for hydroxylation is 1. The Hall–Kier alpha value is -4.09. The monoisotopic (exact) mass is 648 g/mol. The Morgan fingerprint density at radius 2 is 1.81 bits per heavy atom. The lowest BCUT2D eigenvalue weighted by Gasteiger charge is -2.41. The topological polar surface area (TPSA) is 98.4 Å². The maximum Gasteiger partial charge on any atom is 0.337 e. The smallest absolute Gasteiger partial charge is 0.337 e. The first-order valence-electron chi connectivity index (χ1n) is 16.2. The Morgan fingerprint density at radius 3 is 2.51 bits per heavy atom. The summed E-state index contributed by atoms with van der Waals surface area (Å²) >= 11 is 0. The zero-order valence-electron chi connectivity index (χ0n) is 27.8. The van der Waals surface area contributed by atoms with Crippen LogP contribution in [0.15, 0.2) is 42.5 Å². The van der Waals surface area contributed by atoms with E-state index in [2.05, 4.69) is 11.8 Å². The number of aliphatic carboxylic acids is 1. The van der Waals surface area contributed by atoms with Gasteiger partial charge in [-0.15, -0.1) is 0 Å². The van der Waals surface area contributed by atoms with Crippen LogP contribution >= 0.6 is 0 Å². The van der Waals surface area contributed by atoms with Crippen LogP contribution < -0.4 is 9.64 Å². The van der Waals surface area contributed by atoms with Crippen molar-refractivity contribution in [2.75, 3.05) is 24.6 Å². The average Bonchev–Trinajstić information content (AvgIpc) is 3.43. The summed E-state index contributed by atoms with van der Waals surface area (Å²) in [6.07, 6.45) is 1.28. The van der Waals surface area contributed by atoms with Crippen LogP contribution in [0.2, 0.25) is 0 Å². The first-order chi connectivity index (χ1) is 22.2. The summed E-state index contributed by atoms with van der Waals surface area (Å²) in [6, 6.07) is 11.5. The van der Waals surface area contributed by atoms with E-state index < -0.39 is 29.3 Å². The molecule has 2 aromatic heterocycles. The number of halogens is 2. The molecule has 7 rings (SSSR count). The van der Waals surface area contributed by atoms with E-state index in [1.165, 1.54) is 0 Å². The van der Waals surface area contributed by atoms with Gasteiger partial charge < -0.3 is 24.2 Å². The first-order valence-corrected chi connectivity index (χ1v) is 16.2. The zero-order chi connectivity index (χ0) is 33.7. The summed E-state index contributed by atoms with van der Waals surface area (Å²) in [5.41, 5.74) is 2.79. The fraction of sp³-hybridized carbons (Fsp3) is 0.472. The van der Waals surface area contributed by atoms with E-state index in [1.54, 1.807) is 11.4 Å². The van der Waals surface area contributed by atoms with E-state index in [4.69, 9.17) is 24.3 Å². The summed E-state index contributed by atoms with van der Waals surface area (Å²) in [7, 11) is 0. The molecule has 4 aromatic rings. The molecule has 1 saturated heterocycles. The first kappa shape index (κ1) is 32.8. The average molecular weight is 649 g/mol. The number of nitrogens with zero attached hydrogens (tertiary/aromatic N) is 4. The van der Waals surface area contributed by atoms with E-state index in [-0.39, 0.29) is 17.5 Å². The van der Waals surface area contributed by atoms with Gasteiger partial charge in [-0.25, -0.2) is 18.6 Å². The van der Waals surface area contributed by atoms with Crippen LogP contribution in [0.4, 0.5) is 14.6 Å². The lowest BCUT2D eigenvalue weighted by molar-refractivity contribution is -0.160. The van der Waals surface area contributed by atoms with Gasteiger partial charge in [-0.2, -0.15) is 9.61 Å². The molecule has 3 aliphatic rings. The standard InChI is InChI=1S/C36H42F2N4O5/c1-21-9-8-16-45-36(6)12-14-41(15-13-36)33-31(32(34(43)44)47-35(3,4)5)22(2)39-30-20-28(40-42(30)33)24-11-7-10-23(17-24)25-18-26(37)27(38)19-29(25)46-21/h7,10-11,17-21,32H,8-9,12-16H2,1-6H3,(H,43,44)/t21-,32-/m0/s1. The molecule has 3 aliphatic heterocycles. The van der Waals surface area contributed by atoms with E-state index in [9.17, 15) is 18.7 Å². The van der Waals surface area contributed by atoms with Gasteiger partial charge in [-0.05, 0) is 84.9 Å². The SMILES string of the molecule is Cc1nc2cc3nn2c(c1[C@H](OC(C)(C)C)C(=O)O)N1CCC(C)(CC1)OCCC[C@H](C)Oc1cc(F)c(F)cc1-c1cccc-3c1. The van der Waals surface area contributed by atoms with Gasteiger partial charge in [-0.1, -0.05) is 18.2 Å². The number of benzene rings is 2. The van der Waals surface area contributed by atoms with Gasteiger partial charge in [0.05, 0.1) is 28.6 Å². The third-order valence-electron chi connectivity index (χ3n) is 8.91. The fourth-order valence-corrected chi connectivity index (χ4v) is 6.45. The Morgan fingerprint density at radius 1 is 1.11 bits per heavy atom. The number of ether oxygens (including phenoxy) is 3. The fourth-order valence-electron chi connectivity index (χ4n) is 6.45. The predicted octanol–water partition coefficient (Wildman–Crippen LogP) is 7.53. The van der Waals surface area contributed by atoms with Gasteiger partial charge in [0.25, 0.3) is 0 Å². The largest absolute Gasteiger partial charge is 0.490 e. The van der Waals surface area contributed by atoms with Crippen molar-refractivity contribution in [3.8, 4) is 28.1 Å². The van der Waals surface area contributed by atoms with Crippen LogP contribution in [0.25, 0.3) is 28.0 Å². The van der Waals surface area contributed by atoms with Gasteiger partial charge in [0.1, 0.15) is 11.6 Å². The van der Waals surface area contributed by atoms with Gasteiger partial charge in [-0.3, -0.25) is 0 Å². The van der Waals surface area contributed by atoms with E-state index >= 15 is 0 Å². The number of rotatable bonds is 3. The lowest BCUT2D eigenvalue weighted by Crippen LogP contribution is -2.46. The number of fused-ring (bicyclic) bond motifs is 7. The predicted molar refractivity (Wildman–Crippen MR) is 175 cm³/mol. The highest BCUT2D eigenvalue weighted by Gasteiger charge is 2.38. The molecule has 250 valence electrons. The van der Waals surface area contributed by atoms with Crippen LogP contribution in [-0.4, -0.2) is 62.7 Å². The molecular formula is C36H42F2N4O5. The van der Waals surface area contributed by atoms with Crippen molar-refractivity contribution >= 4 is 17.4 Å². The van der Waals surface area contributed by atoms with E-state index in [0.717, 1.165) is 24.1 Å². The van der Waals surface area contributed by atoms with Crippen molar-refractivity contribution in [2.45, 2.75) is 90.6 Å². The van der Waals surface area contributed by atoms with E-state index in [1.807, 2.05) is 58.0 Å². The molecule has 1 N–H and O–H groups in total. The zero-order valence-corrected chi connectivity index (χ0v) is 27.8. The summed E-state index contributed by atoms with van der Waals surface area (Å²) in [5.74, 6) is -2.18.